The molecule has 0 aliphatic heterocycles. The number of nitrogens with two attached hydrogens (primary N) is 1. The van der Waals surface area contributed by atoms with Crippen LogP contribution in [-0.2, 0) is 9.47 Å². The molecular formula is C13H18N2O3S. The van der Waals surface area contributed by atoms with Gasteiger partial charge in [-0.05, 0) is 6.07 Å². The molecule has 19 heavy (non-hydrogen) atoms. The molecule has 0 atom stereocenters. The molecule has 0 saturated carbocycles. The van der Waals surface area contributed by atoms with E-state index in [2.05, 4.69) is 17.2 Å². The summed E-state index contributed by atoms with van der Waals surface area (Å²) in [5.41, 5.74) is 5.90. The summed E-state index contributed by atoms with van der Waals surface area (Å²) in [6.45, 7) is 2.35. The molecule has 5 nitrogen and oxygen atoms in total. The van der Waals surface area contributed by atoms with Crippen molar-refractivity contribution in [2.75, 3.05) is 40.0 Å². The van der Waals surface area contributed by atoms with Crippen LogP contribution in [0.3, 0.4) is 0 Å². The van der Waals surface area contributed by atoms with Gasteiger partial charge in [-0.15, -0.1) is 11.3 Å². The van der Waals surface area contributed by atoms with Gasteiger partial charge in [0.1, 0.15) is 0 Å². The van der Waals surface area contributed by atoms with Crippen LogP contribution >= 0.6 is 11.3 Å². The number of thiophene rings is 1. The van der Waals surface area contributed by atoms with Gasteiger partial charge < -0.3 is 20.5 Å². The second-order valence-electron chi connectivity index (χ2n) is 3.57. The minimum Gasteiger partial charge on any atom is -0.382 e. The minimum atomic E-state index is -0.118. The van der Waals surface area contributed by atoms with Crippen molar-refractivity contribution in [2.45, 2.75) is 0 Å². The molecule has 1 aromatic rings. The highest BCUT2D eigenvalue weighted by molar-refractivity contribution is 7.10. The van der Waals surface area contributed by atoms with Gasteiger partial charge in [-0.3, -0.25) is 4.79 Å². The quantitative estimate of drug-likeness (QED) is 0.562. The lowest BCUT2D eigenvalue weighted by molar-refractivity contribution is 0.0693. The Morgan fingerprint density at radius 2 is 2.32 bits per heavy atom. The first-order valence-electron chi connectivity index (χ1n) is 5.90. The first-order chi connectivity index (χ1) is 9.27. The first-order valence-corrected chi connectivity index (χ1v) is 6.78. The maximum absolute atomic E-state index is 11.8. The fourth-order valence-corrected chi connectivity index (χ4v) is 2.00. The zero-order valence-corrected chi connectivity index (χ0v) is 11.7. The molecular weight excluding hydrogens is 264 g/mol. The average molecular weight is 282 g/mol. The van der Waals surface area contributed by atoms with E-state index >= 15 is 0 Å². The smallest absolute Gasteiger partial charge is 0.252 e. The van der Waals surface area contributed by atoms with Crippen LogP contribution in [0, 0.1) is 11.8 Å². The summed E-state index contributed by atoms with van der Waals surface area (Å²) in [7, 11) is 1.62. The van der Waals surface area contributed by atoms with Crippen molar-refractivity contribution >= 4 is 17.2 Å². The maximum Gasteiger partial charge on any atom is 0.252 e. The van der Waals surface area contributed by atoms with Crippen LogP contribution in [0.5, 0.6) is 0 Å². The Balaban J connectivity index is 2.27. The van der Waals surface area contributed by atoms with E-state index < -0.39 is 0 Å². The van der Waals surface area contributed by atoms with Gasteiger partial charge in [-0.2, -0.15) is 0 Å². The molecule has 6 heteroatoms. The van der Waals surface area contributed by atoms with E-state index in [-0.39, 0.29) is 5.91 Å². The molecule has 0 radical (unpaired) electrons. The molecule has 1 aromatic heterocycles. The lowest BCUT2D eigenvalue weighted by Crippen LogP contribution is -2.27. The highest BCUT2D eigenvalue weighted by atomic mass is 32.1. The fourth-order valence-electron chi connectivity index (χ4n) is 1.24. The Hall–Kier alpha value is -1.39. The van der Waals surface area contributed by atoms with Crippen molar-refractivity contribution in [3.8, 4) is 11.8 Å². The van der Waals surface area contributed by atoms with Crippen LogP contribution in [0.2, 0.25) is 0 Å². The number of hydrogen-bond donors (Lipinski definition) is 2. The van der Waals surface area contributed by atoms with Crippen molar-refractivity contribution < 1.29 is 14.3 Å². The van der Waals surface area contributed by atoms with Crippen molar-refractivity contribution in [1.29, 1.82) is 0 Å². The minimum absolute atomic E-state index is 0.118. The standard InChI is InChI=1S/C13H18N2O3S/c1-17-7-8-18-6-5-15-13(16)11-9-12(19-10-11)3-2-4-14/h9-10H,4-8,14H2,1H3,(H,15,16). The molecule has 0 unspecified atom stereocenters. The van der Waals surface area contributed by atoms with E-state index in [1.165, 1.54) is 11.3 Å². The predicted molar refractivity (Wildman–Crippen MR) is 75.3 cm³/mol. The highest BCUT2D eigenvalue weighted by Gasteiger charge is 2.06. The molecule has 0 aromatic carbocycles. The van der Waals surface area contributed by atoms with Crippen LogP contribution in [-0.4, -0.2) is 45.9 Å². The number of rotatable bonds is 7. The van der Waals surface area contributed by atoms with Crippen LogP contribution in [0.25, 0.3) is 0 Å². The Labute approximate surface area is 117 Å². The van der Waals surface area contributed by atoms with Gasteiger partial charge in [0.15, 0.2) is 0 Å². The monoisotopic (exact) mass is 282 g/mol. The van der Waals surface area contributed by atoms with Gasteiger partial charge in [0.2, 0.25) is 0 Å². The molecule has 0 aliphatic carbocycles. The SMILES string of the molecule is COCCOCCNC(=O)c1csc(C#CCN)c1. The highest BCUT2D eigenvalue weighted by Crippen LogP contribution is 2.13. The largest absolute Gasteiger partial charge is 0.382 e. The Kier molecular flexibility index (Phi) is 7.86. The molecule has 0 spiro atoms. The normalized spacial score (nSPS) is 9.79. The van der Waals surface area contributed by atoms with Crippen LogP contribution < -0.4 is 11.1 Å². The molecule has 0 bridgehead atoms. The maximum atomic E-state index is 11.8. The molecule has 0 saturated heterocycles. The Morgan fingerprint density at radius 1 is 1.47 bits per heavy atom. The van der Waals surface area contributed by atoms with Gasteiger partial charge in [0.25, 0.3) is 5.91 Å². The van der Waals surface area contributed by atoms with E-state index in [1.807, 2.05) is 0 Å². The summed E-state index contributed by atoms with van der Waals surface area (Å²) in [6, 6.07) is 1.76. The number of methoxy groups -OCH3 is 1. The van der Waals surface area contributed by atoms with Crippen molar-refractivity contribution in [1.82, 2.24) is 5.32 Å². The lowest BCUT2D eigenvalue weighted by Gasteiger charge is -2.04. The second kappa shape index (κ2) is 9.53. The van der Waals surface area contributed by atoms with Crippen LogP contribution in [0.15, 0.2) is 11.4 Å². The first kappa shape index (κ1) is 15.7. The third kappa shape index (κ3) is 6.36. The van der Waals surface area contributed by atoms with Crippen molar-refractivity contribution in [3.63, 3.8) is 0 Å². The fraction of sp³-hybridized carbons (Fsp3) is 0.462. The lowest BCUT2D eigenvalue weighted by atomic mass is 10.3. The van der Waals surface area contributed by atoms with Gasteiger partial charge in [0, 0.05) is 19.0 Å². The predicted octanol–water partition coefficient (Wildman–Crippen LogP) is 0.451. The summed E-state index contributed by atoms with van der Waals surface area (Å²) in [5.74, 6) is 5.53. The number of amides is 1. The number of hydrogen-bond acceptors (Lipinski definition) is 5. The average Bonchev–Trinajstić information content (AvgIpc) is 2.89. The molecule has 104 valence electrons. The Morgan fingerprint density at radius 3 is 3.05 bits per heavy atom. The second-order valence-corrected chi connectivity index (χ2v) is 4.48. The summed E-state index contributed by atoms with van der Waals surface area (Å²) in [4.78, 5) is 12.6. The van der Waals surface area contributed by atoms with Gasteiger partial charge in [-0.25, -0.2) is 0 Å². The van der Waals surface area contributed by atoms with E-state index in [9.17, 15) is 4.79 Å². The summed E-state index contributed by atoms with van der Waals surface area (Å²) in [5, 5.41) is 4.55. The van der Waals surface area contributed by atoms with Crippen LogP contribution in [0.1, 0.15) is 15.2 Å². The Bertz CT molecular complexity index is 448. The number of carbonyl (C=O) groups excluding carboxylic acids is 1. The number of ether oxygens (including phenoxy) is 2. The molecule has 1 heterocycles. The number of nitrogens with one attached hydrogen (secondary N) is 1. The van der Waals surface area contributed by atoms with E-state index in [1.54, 1.807) is 18.6 Å². The third-order valence-corrected chi connectivity index (χ3v) is 2.98. The van der Waals surface area contributed by atoms with Crippen LogP contribution in [0.4, 0.5) is 0 Å². The number of carbonyl (C=O) groups is 1. The van der Waals surface area contributed by atoms with Gasteiger partial charge >= 0.3 is 0 Å². The van der Waals surface area contributed by atoms with E-state index in [4.69, 9.17) is 15.2 Å². The summed E-state index contributed by atoms with van der Waals surface area (Å²) in [6.07, 6.45) is 0. The van der Waals surface area contributed by atoms with E-state index in [0.717, 1.165) is 4.88 Å². The third-order valence-electron chi connectivity index (χ3n) is 2.14. The molecule has 0 aliphatic rings. The van der Waals surface area contributed by atoms with E-state index in [0.29, 0.717) is 38.5 Å². The summed E-state index contributed by atoms with van der Waals surface area (Å²) >= 11 is 1.43. The van der Waals surface area contributed by atoms with Gasteiger partial charge in [-0.1, -0.05) is 11.8 Å². The topological polar surface area (TPSA) is 73.6 Å². The molecule has 1 rings (SSSR count). The zero-order valence-electron chi connectivity index (χ0n) is 10.9. The molecule has 3 N–H and O–H groups in total. The van der Waals surface area contributed by atoms with Gasteiger partial charge in [0.05, 0.1) is 36.8 Å². The van der Waals surface area contributed by atoms with Crippen molar-refractivity contribution in [3.05, 3.63) is 21.9 Å². The molecule has 1 amide bonds. The zero-order chi connectivity index (χ0) is 13.9. The summed E-state index contributed by atoms with van der Waals surface area (Å²) < 4.78 is 10.1. The van der Waals surface area contributed by atoms with Crippen molar-refractivity contribution in [2.24, 2.45) is 5.73 Å². The molecule has 0 fully saturated rings.